The standard InChI is InChI=1S/C24H23F6N5O4/c1-10-8-35(9-11(2)19(10)36)22(38)13-4-5-16(31-7-13)39-20(24(28,29)30)17-14(23(25,26)27)6-15-18(34-17)21(37)33-12(3)32-15/h4-7,10-11,19-20,36H,8-9H2,1-3H3,(H,32,33,37). The molecule has 1 saturated heterocycles. The molecule has 2 N–H and O–H groups in total. The van der Waals surface area contributed by atoms with Gasteiger partial charge in [-0.1, -0.05) is 13.8 Å². The third-order valence-electron chi connectivity index (χ3n) is 6.37. The summed E-state index contributed by atoms with van der Waals surface area (Å²) in [5, 5.41) is 10.1. The van der Waals surface area contributed by atoms with Gasteiger partial charge in [-0.2, -0.15) is 26.3 Å². The van der Waals surface area contributed by atoms with E-state index in [0.29, 0.717) is 6.07 Å². The van der Waals surface area contributed by atoms with Crippen LogP contribution in [0.25, 0.3) is 11.0 Å². The molecule has 4 rings (SSSR count). The molecule has 1 fully saturated rings. The molecule has 9 nitrogen and oxygen atoms in total. The van der Waals surface area contributed by atoms with Crippen LogP contribution in [0.1, 0.15) is 47.4 Å². The van der Waals surface area contributed by atoms with E-state index in [4.69, 9.17) is 4.74 Å². The third kappa shape index (κ3) is 5.82. The zero-order valence-corrected chi connectivity index (χ0v) is 20.8. The van der Waals surface area contributed by atoms with Crippen molar-refractivity contribution in [1.82, 2.24) is 24.8 Å². The van der Waals surface area contributed by atoms with Gasteiger partial charge in [0.25, 0.3) is 11.5 Å². The molecule has 210 valence electrons. The highest BCUT2D eigenvalue weighted by Gasteiger charge is 2.49. The number of aromatic nitrogens is 4. The van der Waals surface area contributed by atoms with Crippen LogP contribution in [0.15, 0.2) is 29.2 Å². The van der Waals surface area contributed by atoms with Crippen molar-refractivity contribution in [2.75, 3.05) is 13.1 Å². The number of nitrogens with zero attached hydrogens (tertiary/aromatic N) is 4. The number of amides is 1. The molecule has 0 radical (unpaired) electrons. The van der Waals surface area contributed by atoms with Crippen molar-refractivity contribution in [2.24, 2.45) is 11.8 Å². The van der Waals surface area contributed by atoms with Crippen LogP contribution in [-0.4, -0.2) is 61.2 Å². The fraction of sp³-hybridized carbons (Fsp3) is 0.458. The first-order valence-corrected chi connectivity index (χ1v) is 11.7. The highest BCUT2D eigenvalue weighted by Crippen LogP contribution is 2.42. The van der Waals surface area contributed by atoms with Gasteiger partial charge in [0.05, 0.1) is 22.7 Å². The molecule has 15 heteroatoms. The minimum Gasteiger partial charge on any atom is -0.458 e. The Kier molecular flexibility index (Phi) is 7.31. The van der Waals surface area contributed by atoms with Crippen molar-refractivity contribution < 1.29 is 41.0 Å². The molecule has 1 aliphatic rings. The van der Waals surface area contributed by atoms with Gasteiger partial charge in [-0.25, -0.2) is 15.0 Å². The lowest BCUT2D eigenvalue weighted by Gasteiger charge is -2.38. The molecule has 0 saturated carbocycles. The number of carbonyl (C=O) groups is 1. The number of piperidine rings is 1. The summed E-state index contributed by atoms with van der Waals surface area (Å²) in [7, 11) is 0. The molecule has 39 heavy (non-hydrogen) atoms. The number of aryl methyl sites for hydroxylation is 1. The number of nitrogens with one attached hydrogen (secondary N) is 1. The van der Waals surface area contributed by atoms with Crippen molar-refractivity contribution >= 4 is 16.9 Å². The van der Waals surface area contributed by atoms with Gasteiger partial charge in [-0.15, -0.1) is 0 Å². The average Bonchev–Trinajstić information content (AvgIpc) is 2.83. The molecule has 0 aliphatic carbocycles. The molecule has 0 aromatic carbocycles. The van der Waals surface area contributed by atoms with E-state index in [1.807, 2.05) is 0 Å². The van der Waals surface area contributed by atoms with Crippen molar-refractivity contribution in [1.29, 1.82) is 0 Å². The van der Waals surface area contributed by atoms with Crippen molar-refractivity contribution in [3.05, 3.63) is 57.4 Å². The molecular weight excluding hydrogens is 536 g/mol. The lowest BCUT2D eigenvalue weighted by Crippen LogP contribution is -2.49. The maximum atomic E-state index is 14.0. The Morgan fingerprint density at radius 2 is 1.77 bits per heavy atom. The molecule has 1 amide bonds. The number of aliphatic hydroxyl groups is 1. The lowest BCUT2D eigenvalue weighted by atomic mass is 9.88. The van der Waals surface area contributed by atoms with Crippen LogP contribution in [-0.2, 0) is 6.18 Å². The molecule has 4 heterocycles. The second-order valence-electron chi connectivity index (χ2n) is 9.52. The number of hydrogen-bond acceptors (Lipinski definition) is 7. The highest BCUT2D eigenvalue weighted by atomic mass is 19.4. The Bertz CT molecular complexity index is 1430. The number of ether oxygens (including phenoxy) is 1. The van der Waals surface area contributed by atoms with Crippen LogP contribution in [0.4, 0.5) is 26.3 Å². The molecule has 3 aromatic heterocycles. The lowest BCUT2D eigenvalue weighted by molar-refractivity contribution is -0.202. The van der Waals surface area contributed by atoms with Crippen LogP contribution in [0, 0.1) is 18.8 Å². The molecule has 1 aliphatic heterocycles. The van der Waals surface area contributed by atoms with E-state index in [1.54, 1.807) is 13.8 Å². The average molecular weight is 559 g/mol. The van der Waals surface area contributed by atoms with E-state index in [2.05, 4.69) is 19.9 Å². The Hall–Kier alpha value is -3.75. The number of pyridine rings is 2. The second kappa shape index (κ2) is 10.1. The van der Waals surface area contributed by atoms with Crippen LogP contribution < -0.4 is 10.3 Å². The first kappa shape index (κ1) is 28.3. The monoisotopic (exact) mass is 559 g/mol. The summed E-state index contributed by atoms with van der Waals surface area (Å²) in [5.74, 6) is -1.67. The number of halogens is 6. The largest absolute Gasteiger partial charge is 0.458 e. The number of aromatic amines is 1. The van der Waals surface area contributed by atoms with Crippen molar-refractivity contribution in [2.45, 2.75) is 45.3 Å². The summed E-state index contributed by atoms with van der Waals surface area (Å²) in [5.41, 5.74) is -5.65. The SMILES string of the molecule is Cc1nc2cc(C(F)(F)F)c(C(Oc3ccc(C(=O)N4CC(C)C(O)C(C)C4)cn3)C(F)(F)F)nc2c(=O)[nH]1. The number of rotatable bonds is 4. The predicted octanol–water partition coefficient (Wildman–Crippen LogP) is 3.81. The van der Waals surface area contributed by atoms with Crippen molar-refractivity contribution in [3.63, 3.8) is 0 Å². The number of carbonyl (C=O) groups excluding carboxylic acids is 1. The topological polar surface area (TPSA) is 121 Å². The smallest absolute Gasteiger partial charge is 0.431 e. The van der Waals surface area contributed by atoms with Gasteiger partial charge in [-0.05, 0) is 30.9 Å². The van der Waals surface area contributed by atoms with Crippen LogP contribution in [0.5, 0.6) is 5.88 Å². The van der Waals surface area contributed by atoms with Crippen molar-refractivity contribution in [3.8, 4) is 5.88 Å². The summed E-state index contributed by atoms with van der Waals surface area (Å²) < 4.78 is 88.4. The number of hydrogen-bond donors (Lipinski definition) is 2. The Labute approximate surface area is 216 Å². The maximum absolute atomic E-state index is 14.0. The minimum atomic E-state index is -5.40. The van der Waals surface area contributed by atoms with Gasteiger partial charge in [-0.3, -0.25) is 9.59 Å². The molecule has 3 unspecified atom stereocenters. The van der Waals surface area contributed by atoms with Gasteiger partial charge in [0.1, 0.15) is 11.5 Å². The summed E-state index contributed by atoms with van der Waals surface area (Å²) in [6.45, 7) is 5.34. The zero-order chi connectivity index (χ0) is 28.9. The number of fused-ring (bicyclic) bond motifs is 1. The number of alkyl halides is 6. The van der Waals surface area contributed by atoms with E-state index in [-0.39, 0.29) is 36.3 Å². The minimum absolute atomic E-state index is 0.00878. The fourth-order valence-corrected chi connectivity index (χ4v) is 4.50. The summed E-state index contributed by atoms with van der Waals surface area (Å²) in [6, 6.07) is 2.37. The highest BCUT2D eigenvalue weighted by molar-refractivity contribution is 5.94. The normalized spacial score (nSPS) is 21.2. The predicted molar refractivity (Wildman–Crippen MR) is 124 cm³/mol. The van der Waals surface area contributed by atoms with Gasteiger partial charge < -0.3 is 19.7 Å². The van der Waals surface area contributed by atoms with E-state index in [1.165, 1.54) is 11.8 Å². The molecule has 0 spiro atoms. The van der Waals surface area contributed by atoms with Gasteiger partial charge in [0.15, 0.2) is 5.52 Å². The second-order valence-corrected chi connectivity index (χ2v) is 9.52. The van der Waals surface area contributed by atoms with Crippen LogP contribution >= 0.6 is 0 Å². The molecule has 0 bridgehead atoms. The number of aliphatic hydroxyl groups excluding tert-OH is 1. The summed E-state index contributed by atoms with van der Waals surface area (Å²) in [4.78, 5) is 39.5. The van der Waals surface area contributed by atoms with Crippen LogP contribution in [0.2, 0.25) is 0 Å². The third-order valence-corrected chi connectivity index (χ3v) is 6.37. The fourth-order valence-electron chi connectivity index (χ4n) is 4.50. The Morgan fingerprint density at radius 1 is 1.13 bits per heavy atom. The molecule has 3 aromatic rings. The maximum Gasteiger partial charge on any atom is 0.431 e. The van der Waals surface area contributed by atoms with Gasteiger partial charge in [0, 0.05) is 25.4 Å². The number of H-pyrrole nitrogens is 1. The molecular formula is C24H23F6N5O4. The van der Waals surface area contributed by atoms with Gasteiger partial charge in [0.2, 0.25) is 12.0 Å². The Balaban J connectivity index is 1.68. The van der Waals surface area contributed by atoms with E-state index in [0.717, 1.165) is 18.3 Å². The number of likely N-dealkylation sites (tertiary alicyclic amines) is 1. The first-order valence-electron chi connectivity index (χ1n) is 11.7. The van der Waals surface area contributed by atoms with E-state index < -0.39 is 64.2 Å². The quantitative estimate of drug-likeness (QED) is 0.467. The summed E-state index contributed by atoms with van der Waals surface area (Å²) in [6.07, 6.45) is -13.6. The van der Waals surface area contributed by atoms with E-state index in [9.17, 15) is 41.0 Å². The molecule has 3 atom stereocenters. The first-order chi connectivity index (χ1) is 18.1. The van der Waals surface area contributed by atoms with Crippen LogP contribution in [0.3, 0.4) is 0 Å². The summed E-state index contributed by atoms with van der Waals surface area (Å²) >= 11 is 0. The zero-order valence-electron chi connectivity index (χ0n) is 20.8. The Morgan fingerprint density at radius 3 is 2.31 bits per heavy atom. The van der Waals surface area contributed by atoms with E-state index >= 15 is 0 Å². The van der Waals surface area contributed by atoms with Gasteiger partial charge >= 0.3 is 12.4 Å².